The number of aryl methyl sites for hydroxylation is 1. The maximum atomic E-state index is 11.9. The fourth-order valence-electron chi connectivity index (χ4n) is 1.83. The van der Waals surface area contributed by atoms with Crippen LogP contribution in [-0.4, -0.2) is 30.6 Å². The molecule has 1 saturated heterocycles. The molecule has 1 aromatic rings. The lowest BCUT2D eigenvalue weighted by Crippen LogP contribution is -2.81. The van der Waals surface area contributed by atoms with Crippen molar-refractivity contribution in [2.45, 2.75) is 45.8 Å². The number of hydrogen-bond donors (Lipinski definition) is 2. The zero-order valence-electron chi connectivity index (χ0n) is 15.8. The van der Waals surface area contributed by atoms with Gasteiger partial charge in [0.2, 0.25) is 0 Å². The molecule has 27 heavy (non-hydrogen) atoms. The van der Waals surface area contributed by atoms with Crippen molar-refractivity contribution < 1.29 is 36.6 Å². The highest BCUT2D eigenvalue weighted by Gasteiger charge is 2.48. The van der Waals surface area contributed by atoms with Gasteiger partial charge in [0.05, 0.1) is 6.08 Å². The predicted octanol–water partition coefficient (Wildman–Crippen LogP) is 2.54. The van der Waals surface area contributed by atoms with Crippen molar-refractivity contribution in [1.29, 1.82) is 0 Å². The Bertz CT molecular complexity index is 690. The van der Waals surface area contributed by atoms with E-state index in [0.717, 1.165) is 5.56 Å². The second-order valence-corrected chi connectivity index (χ2v) is 6.84. The van der Waals surface area contributed by atoms with Crippen molar-refractivity contribution in [3.8, 4) is 0 Å². The number of nitrogens with one attached hydrogen (secondary N) is 2. The van der Waals surface area contributed by atoms with Crippen LogP contribution in [0.1, 0.15) is 43.6 Å². The molecule has 1 heterocycles. The lowest BCUT2D eigenvalue weighted by molar-refractivity contribution is -0.502. The van der Waals surface area contributed by atoms with E-state index in [4.69, 9.17) is 9.47 Å². The average molecular weight is 390 g/mol. The summed E-state index contributed by atoms with van der Waals surface area (Å²) in [5, 5.41) is 2.72. The van der Waals surface area contributed by atoms with Crippen molar-refractivity contribution in [3.63, 3.8) is 0 Å². The van der Waals surface area contributed by atoms with Gasteiger partial charge in [-0.3, -0.25) is 4.79 Å². The number of amides is 1. The first-order chi connectivity index (χ1) is 12.2. The van der Waals surface area contributed by atoms with E-state index in [2.05, 4.69) is 10.5 Å². The molecule has 0 saturated carbocycles. The molecule has 0 unspecified atom stereocenters. The second kappa shape index (κ2) is 8.45. The van der Waals surface area contributed by atoms with Crippen LogP contribution in [0.3, 0.4) is 0 Å². The zero-order chi connectivity index (χ0) is 20.9. The number of rotatable bonds is 3. The maximum absolute atomic E-state index is 11.9. The molecule has 1 aliphatic rings. The van der Waals surface area contributed by atoms with Crippen LogP contribution in [0.2, 0.25) is 0 Å². The zero-order valence-corrected chi connectivity index (χ0v) is 15.8. The first-order valence-electron chi connectivity index (χ1n) is 8.13. The molecule has 1 fully saturated rings. The molecule has 0 radical (unpaired) electrons. The van der Waals surface area contributed by atoms with Gasteiger partial charge in [0.15, 0.2) is 6.21 Å². The van der Waals surface area contributed by atoms with E-state index in [9.17, 15) is 22.1 Å². The number of allylic oxidation sites excluding steroid dienone is 1. The fourth-order valence-corrected chi connectivity index (χ4v) is 1.83. The number of hydrogen-bond acceptors (Lipinski definition) is 3. The molecule has 2 rings (SSSR count). The van der Waals surface area contributed by atoms with Gasteiger partial charge in [-0.15, -0.1) is 10.5 Å². The second-order valence-electron chi connectivity index (χ2n) is 6.84. The largest absolute Gasteiger partial charge is 0.673 e. The Kier molecular flexibility index (Phi) is 7.05. The van der Waals surface area contributed by atoms with E-state index in [1.807, 2.05) is 46.8 Å². The molecule has 1 aliphatic heterocycles. The van der Waals surface area contributed by atoms with Crippen molar-refractivity contribution in [1.82, 2.24) is 5.43 Å². The lowest BCUT2D eigenvalue weighted by Gasteiger charge is -2.28. The summed E-state index contributed by atoms with van der Waals surface area (Å²) in [4.78, 5) is 11.9. The van der Waals surface area contributed by atoms with Crippen LogP contribution >= 0.6 is 0 Å². The maximum Gasteiger partial charge on any atom is 0.673 e. The quantitative estimate of drug-likeness (QED) is 0.361. The number of halogens is 4. The van der Waals surface area contributed by atoms with Gasteiger partial charge in [0.25, 0.3) is 5.95 Å². The molecule has 10 heteroatoms. The summed E-state index contributed by atoms with van der Waals surface area (Å²) in [6, 6.07) is 7.34. The third-order valence-corrected chi connectivity index (χ3v) is 3.96. The molecular formula is C17H23BF4N2O3. The van der Waals surface area contributed by atoms with E-state index in [1.165, 1.54) is 0 Å². The van der Waals surface area contributed by atoms with E-state index in [0.29, 0.717) is 11.5 Å². The third-order valence-electron chi connectivity index (χ3n) is 3.96. The lowest BCUT2D eigenvalue weighted by atomic mass is 9.90. The Labute approximate surface area is 155 Å². The van der Waals surface area contributed by atoms with Gasteiger partial charge in [-0.1, -0.05) is 17.7 Å². The van der Waals surface area contributed by atoms with Crippen LogP contribution in [0.5, 0.6) is 0 Å². The Balaban J connectivity index is 0.000000646. The molecule has 2 N–H and O–H groups in total. The van der Waals surface area contributed by atoms with E-state index >= 15 is 0 Å². The molecule has 150 valence electrons. The minimum absolute atomic E-state index is 0.205. The summed E-state index contributed by atoms with van der Waals surface area (Å²) < 4.78 is 50.4. The van der Waals surface area contributed by atoms with Crippen molar-refractivity contribution in [2.75, 3.05) is 0 Å². The van der Waals surface area contributed by atoms with E-state index in [-0.39, 0.29) is 5.91 Å². The number of ether oxygens (including phenoxy) is 2. The Hall–Kier alpha value is -2.52. The smallest absolute Gasteiger partial charge is 0.455 e. The summed E-state index contributed by atoms with van der Waals surface area (Å²) in [6.07, 6.45) is 3.21. The number of hydrazine groups is 1. The van der Waals surface area contributed by atoms with Gasteiger partial charge >= 0.3 is 13.2 Å². The van der Waals surface area contributed by atoms with Crippen LogP contribution in [0.15, 0.2) is 36.3 Å². The monoisotopic (exact) mass is 390 g/mol. The standard InChI is InChI=1S/C17H22N2O3.BF4/c1-12-6-8-13(9-7-12)15(20)19-18-11-10-14-21-16(2,3)17(4,5)22-14;2-1(3,4)5/h6-11H,1-5H3,(H,19,20);/q;-1/p+1/b18-11+;. The number of hydrazone groups is 1. The molecule has 0 aromatic heterocycles. The Morgan fingerprint density at radius 3 is 1.93 bits per heavy atom. The highest BCUT2D eigenvalue weighted by molar-refractivity contribution is 6.50. The van der Waals surface area contributed by atoms with Crippen LogP contribution in [0, 0.1) is 6.92 Å². The molecule has 0 bridgehead atoms. The summed E-state index contributed by atoms with van der Waals surface area (Å²) in [5.74, 6) is 0.218. The van der Waals surface area contributed by atoms with Crippen molar-refractivity contribution in [3.05, 3.63) is 47.4 Å². The van der Waals surface area contributed by atoms with Crippen LogP contribution in [0.25, 0.3) is 0 Å². The molecule has 0 aliphatic carbocycles. The van der Waals surface area contributed by atoms with Gasteiger partial charge in [0, 0.05) is 5.56 Å². The Morgan fingerprint density at radius 2 is 1.48 bits per heavy atom. The van der Waals surface area contributed by atoms with Gasteiger partial charge in [-0.25, -0.2) is 0 Å². The summed E-state index contributed by atoms with van der Waals surface area (Å²) >= 11 is 0. The van der Waals surface area contributed by atoms with Gasteiger partial charge in [-0.2, -0.15) is 0 Å². The molecule has 5 nitrogen and oxygen atoms in total. The summed E-state index contributed by atoms with van der Waals surface area (Å²) in [7, 11) is -6.00. The average Bonchev–Trinajstić information content (AvgIpc) is 2.70. The Morgan fingerprint density at radius 1 is 1.04 bits per heavy atom. The minimum atomic E-state index is -6.00. The first kappa shape index (κ1) is 22.5. The third kappa shape index (κ3) is 7.72. The highest BCUT2D eigenvalue weighted by atomic mass is 19.5. The molecular weight excluding hydrogens is 367 g/mol. The van der Waals surface area contributed by atoms with Gasteiger partial charge in [0.1, 0.15) is 11.2 Å². The van der Waals surface area contributed by atoms with Crippen LogP contribution in [0.4, 0.5) is 17.3 Å². The molecule has 0 spiro atoms. The van der Waals surface area contributed by atoms with Crippen LogP contribution < -0.4 is 10.5 Å². The summed E-state index contributed by atoms with van der Waals surface area (Å²) in [6.45, 7) is 9.87. The predicted molar refractivity (Wildman–Crippen MR) is 94.3 cm³/mol. The van der Waals surface area contributed by atoms with Gasteiger partial charge in [-0.05, 0) is 46.8 Å². The van der Waals surface area contributed by atoms with Crippen molar-refractivity contribution in [2.24, 2.45) is 0 Å². The topological polar surface area (TPSA) is 61.5 Å². The van der Waals surface area contributed by atoms with E-state index < -0.39 is 18.5 Å². The SMILES string of the molecule is Cc1ccc(C(=O)N/[NH+]=C/C=C2OC(C)(C)C(C)(C)O2)cc1.F[B-](F)(F)F. The molecule has 0 atom stereocenters. The van der Waals surface area contributed by atoms with E-state index in [1.54, 1.807) is 24.4 Å². The first-order valence-corrected chi connectivity index (χ1v) is 8.13. The van der Waals surface area contributed by atoms with Gasteiger partial charge < -0.3 is 26.7 Å². The summed E-state index contributed by atoms with van der Waals surface area (Å²) in [5.41, 5.74) is 3.48. The normalized spacial score (nSPS) is 17.4. The minimum Gasteiger partial charge on any atom is -0.455 e. The number of carbonyl (C=O) groups excluding carboxylic acids is 1. The molecule has 1 aromatic carbocycles. The van der Waals surface area contributed by atoms with Crippen molar-refractivity contribution >= 4 is 19.4 Å². The van der Waals surface area contributed by atoms with Crippen LogP contribution in [-0.2, 0) is 9.47 Å². The molecule has 1 amide bonds. The fraction of sp³-hybridized carbons (Fsp3) is 0.412. The number of benzene rings is 1. The highest BCUT2D eigenvalue weighted by Crippen LogP contribution is 2.39. The number of carbonyl (C=O) groups is 1.